The number of carbonyl (C=O) groups is 2. The fourth-order valence-corrected chi connectivity index (χ4v) is 3.89. The molecule has 4 aromatic rings. The normalized spacial score (nSPS) is 10.7. The second kappa shape index (κ2) is 9.95. The van der Waals surface area contributed by atoms with Crippen LogP contribution in [0.3, 0.4) is 0 Å². The molecule has 4 rings (SSSR count). The van der Waals surface area contributed by atoms with Crippen LogP contribution in [0.15, 0.2) is 84.0 Å². The number of thioether (sulfide) groups is 1. The van der Waals surface area contributed by atoms with Crippen LogP contribution in [0, 0.1) is 0 Å². The van der Waals surface area contributed by atoms with Gasteiger partial charge in [0.25, 0.3) is 11.8 Å². The van der Waals surface area contributed by atoms with Gasteiger partial charge >= 0.3 is 0 Å². The molecule has 0 aliphatic heterocycles. The second-order valence-electron chi connectivity index (χ2n) is 6.92. The number of nitrogens with one attached hydrogen (secondary N) is 3. The van der Waals surface area contributed by atoms with Crippen molar-refractivity contribution in [2.24, 2.45) is 0 Å². The zero-order valence-corrected chi connectivity index (χ0v) is 17.6. The minimum atomic E-state index is -0.162. The Morgan fingerprint density at radius 2 is 1.39 bits per heavy atom. The molecule has 1 aromatic heterocycles. The SMILES string of the molecule is O=C(NCCNC(=O)c1ccc(CSc2nc3ccccc3[nH]2)cc1)c1ccccc1. The maximum Gasteiger partial charge on any atom is 0.251 e. The number of imidazole rings is 1. The lowest BCUT2D eigenvalue weighted by atomic mass is 10.1. The first-order valence-electron chi connectivity index (χ1n) is 9.97. The van der Waals surface area contributed by atoms with E-state index in [0.29, 0.717) is 24.2 Å². The quantitative estimate of drug-likeness (QED) is 0.291. The molecular weight excluding hydrogens is 408 g/mol. The summed E-state index contributed by atoms with van der Waals surface area (Å²) in [5.74, 6) is 0.444. The highest BCUT2D eigenvalue weighted by molar-refractivity contribution is 7.98. The molecule has 0 aliphatic rings. The fraction of sp³-hybridized carbons (Fsp3) is 0.125. The van der Waals surface area contributed by atoms with E-state index in [1.54, 1.807) is 23.9 Å². The third-order valence-corrected chi connectivity index (χ3v) is 5.64. The molecule has 0 radical (unpaired) electrons. The molecule has 0 bridgehead atoms. The largest absolute Gasteiger partial charge is 0.350 e. The lowest BCUT2D eigenvalue weighted by Gasteiger charge is -2.08. The van der Waals surface area contributed by atoms with Crippen LogP contribution in [-0.4, -0.2) is 34.9 Å². The van der Waals surface area contributed by atoms with Gasteiger partial charge in [-0.25, -0.2) is 4.98 Å². The number of aromatic nitrogens is 2. The van der Waals surface area contributed by atoms with Crippen molar-refractivity contribution in [2.75, 3.05) is 13.1 Å². The van der Waals surface area contributed by atoms with E-state index < -0.39 is 0 Å². The van der Waals surface area contributed by atoms with Crippen molar-refractivity contribution in [3.63, 3.8) is 0 Å². The molecule has 0 atom stereocenters. The highest BCUT2D eigenvalue weighted by atomic mass is 32.2. The van der Waals surface area contributed by atoms with E-state index >= 15 is 0 Å². The number of hydrogen-bond acceptors (Lipinski definition) is 4. The lowest BCUT2D eigenvalue weighted by Crippen LogP contribution is -2.34. The third kappa shape index (κ3) is 5.52. The van der Waals surface area contributed by atoms with Gasteiger partial charge in [0.1, 0.15) is 0 Å². The van der Waals surface area contributed by atoms with Crippen LogP contribution < -0.4 is 10.6 Å². The first kappa shape index (κ1) is 20.7. The Hall–Kier alpha value is -3.58. The topological polar surface area (TPSA) is 86.9 Å². The Morgan fingerprint density at radius 1 is 0.774 bits per heavy atom. The number of carbonyl (C=O) groups excluding carboxylic acids is 2. The Morgan fingerprint density at radius 3 is 2.06 bits per heavy atom. The van der Waals surface area contributed by atoms with Gasteiger partial charge in [-0.15, -0.1) is 0 Å². The monoisotopic (exact) mass is 430 g/mol. The van der Waals surface area contributed by atoms with Crippen molar-refractivity contribution in [3.05, 3.63) is 95.6 Å². The van der Waals surface area contributed by atoms with Crippen LogP contribution in [0.1, 0.15) is 26.3 Å². The van der Waals surface area contributed by atoms with Crippen molar-refractivity contribution >= 4 is 34.6 Å². The number of amides is 2. The number of aromatic amines is 1. The molecule has 3 N–H and O–H groups in total. The van der Waals surface area contributed by atoms with Crippen molar-refractivity contribution in [1.29, 1.82) is 0 Å². The molecule has 2 amide bonds. The van der Waals surface area contributed by atoms with Gasteiger partial charge in [-0.1, -0.05) is 54.2 Å². The van der Waals surface area contributed by atoms with Gasteiger partial charge in [0.2, 0.25) is 0 Å². The van der Waals surface area contributed by atoms with Crippen molar-refractivity contribution in [3.8, 4) is 0 Å². The van der Waals surface area contributed by atoms with Crippen molar-refractivity contribution in [2.45, 2.75) is 10.9 Å². The maximum absolute atomic E-state index is 12.3. The summed E-state index contributed by atoms with van der Waals surface area (Å²) >= 11 is 1.62. The maximum atomic E-state index is 12.3. The third-order valence-electron chi connectivity index (χ3n) is 4.69. The van der Waals surface area contributed by atoms with E-state index in [4.69, 9.17) is 0 Å². The predicted octanol–water partition coefficient (Wildman–Crippen LogP) is 4.02. The zero-order valence-electron chi connectivity index (χ0n) is 16.8. The van der Waals surface area contributed by atoms with Crippen LogP contribution >= 0.6 is 11.8 Å². The molecule has 7 heteroatoms. The summed E-state index contributed by atoms with van der Waals surface area (Å²) in [5.41, 5.74) is 4.28. The number of fused-ring (bicyclic) bond motifs is 1. The van der Waals surface area contributed by atoms with Crippen molar-refractivity contribution in [1.82, 2.24) is 20.6 Å². The Bertz CT molecular complexity index is 1140. The molecular formula is C24H22N4O2S. The Kier molecular flexibility index (Phi) is 6.64. The summed E-state index contributed by atoms with van der Waals surface area (Å²) in [6.45, 7) is 0.729. The average molecular weight is 431 g/mol. The minimum absolute atomic E-state index is 0.152. The molecule has 0 aliphatic carbocycles. The van der Waals surface area contributed by atoms with Crippen LogP contribution in [0.5, 0.6) is 0 Å². The van der Waals surface area contributed by atoms with Crippen LogP contribution in [-0.2, 0) is 5.75 Å². The Labute approximate surface area is 184 Å². The zero-order chi connectivity index (χ0) is 21.5. The lowest BCUT2D eigenvalue weighted by molar-refractivity contribution is 0.0927. The van der Waals surface area contributed by atoms with E-state index in [1.807, 2.05) is 66.7 Å². The van der Waals surface area contributed by atoms with Gasteiger partial charge in [0.05, 0.1) is 11.0 Å². The second-order valence-corrected chi connectivity index (χ2v) is 7.89. The van der Waals surface area contributed by atoms with E-state index in [9.17, 15) is 9.59 Å². The number of rotatable bonds is 8. The molecule has 31 heavy (non-hydrogen) atoms. The highest BCUT2D eigenvalue weighted by Crippen LogP contribution is 2.23. The molecule has 0 saturated carbocycles. The highest BCUT2D eigenvalue weighted by Gasteiger charge is 2.08. The Balaban J connectivity index is 1.22. The van der Waals surface area contributed by atoms with Gasteiger partial charge < -0.3 is 15.6 Å². The van der Waals surface area contributed by atoms with Crippen LogP contribution in [0.2, 0.25) is 0 Å². The van der Waals surface area contributed by atoms with Gasteiger partial charge in [-0.2, -0.15) is 0 Å². The number of para-hydroxylation sites is 2. The number of benzene rings is 3. The summed E-state index contributed by atoms with van der Waals surface area (Å²) in [7, 11) is 0. The molecule has 0 unspecified atom stereocenters. The molecule has 1 heterocycles. The predicted molar refractivity (Wildman–Crippen MR) is 123 cm³/mol. The van der Waals surface area contributed by atoms with Gasteiger partial charge in [-0.05, 0) is 42.0 Å². The summed E-state index contributed by atoms with van der Waals surface area (Å²) in [6, 6.07) is 24.5. The molecule has 0 spiro atoms. The first-order chi connectivity index (χ1) is 15.2. The smallest absolute Gasteiger partial charge is 0.251 e. The van der Waals surface area contributed by atoms with Gasteiger partial charge in [0.15, 0.2) is 5.16 Å². The van der Waals surface area contributed by atoms with E-state index in [1.165, 1.54) is 0 Å². The summed E-state index contributed by atoms with van der Waals surface area (Å²) in [6.07, 6.45) is 0. The van der Waals surface area contributed by atoms with E-state index in [2.05, 4.69) is 20.6 Å². The molecule has 0 fully saturated rings. The van der Waals surface area contributed by atoms with Crippen LogP contribution in [0.4, 0.5) is 0 Å². The average Bonchev–Trinajstić information content (AvgIpc) is 3.24. The first-order valence-corrected chi connectivity index (χ1v) is 11.0. The van der Waals surface area contributed by atoms with Gasteiger partial charge in [0, 0.05) is 30.0 Å². The molecule has 156 valence electrons. The van der Waals surface area contributed by atoms with Crippen LogP contribution in [0.25, 0.3) is 11.0 Å². The minimum Gasteiger partial charge on any atom is -0.350 e. The van der Waals surface area contributed by atoms with E-state index in [-0.39, 0.29) is 11.8 Å². The standard InChI is InChI=1S/C24H22N4O2S/c29-22(18-6-2-1-3-7-18)25-14-15-26-23(30)19-12-10-17(11-13-19)16-31-24-27-20-8-4-5-9-21(20)28-24/h1-13H,14-16H2,(H,25,29)(H,26,30)(H,27,28). The fourth-order valence-electron chi connectivity index (χ4n) is 3.05. The number of hydrogen-bond donors (Lipinski definition) is 3. The summed E-state index contributed by atoms with van der Waals surface area (Å²) < 4.78 is 0. The number of H-pyrrole nitrogens is 1. The molecule has 3 aromatic carbocycles. The van der Waals surface area contributed by atoms with E-state index in [0.717, 1.165) is 27.5 Å². The summed E-state index contributed by atoms with van der Waals surface area (Å²) in [4.78, 5) is 32.1. The van der Waals surface area contributed by atoms with Gasteiger partial charge in [-0.3, -0.25) is 9.59 Å². The number of nitrogens with zero attached hydrogens (tertiary/aromatic N) is 1. The summed E-state index contributed by atoms with van der Waals surface area (Å²) in [5, 5.41) is 6.49. The molecule has 0 saturated heterocycles. The van der Waals surface area contributed by atoms with Crippen molar-refractivity contribution < 1.29 is 9.59 Å². The molecule has 6 nitrogen and oxygen atoms in total.